The zero-order valence-corrected chi connectivity index (χ0v) is 17.6. The first kappa shape index (κ1) is 19.6. The first-order valence-corrected chi connectivity index (χ1v) is 10.5. The molecule has 0 saturated heterocycles. The standard InChI is InChI=1S/C22H25FN6O2/c1-4-17-12-31-19-11-29-20-18(9-25-29)14(3)26-13(2)5-6-30-22-15(7-16(23)8-24-22)10-28(17)21(19)27-20/h7-9,11,13,17,26H,3-6,10,12H2,1-2H3/t13-,17+/m0/s1. The molecule has 0 unspecified atom stereocenters. The monoisotopic (exact) mass is 424 g/mol. The molecule has 5 heterocycles. The van der Waals surface area contributed by atoms with Gasteiger partial charge in [0, 0.05) is 23.7 Å². The van der Waals surface area contributed by atoms with Crippen LogP contribution in [0.3, 0.4) is 0 Å². The molecule has 0 spiro atoms. The highest BCUT2D eigenvalue weighted by molar-refractivity contribution is 5.75. The fourth-order valence-electron chi connectivity index (χ4n) is 4.07. The van der Waals surface area contributed by atoms with Crippen molar-refractivity contribution in [2.75, 3.05) is 18.1 Å². The molecule has 0 aliphatic carbocycles. The first-order valence-electron chi connectivity index (χ1n) is 10.5. The Morgan fingerprint density at radius 1 is 1.32 bits per heavy atom. The Balaban J connectivity index is 1.68. The minimum absolute atomic E-state index is 0.0826. The highest BCUT2D eigenvalue weighted by atomic mass is 19.1. The molecule has 162 valence electrons. The van der Waals surface area contributed by atoms with E-state index in [1.165, 1.54) is 12.3 Å². The van der Waals surface area contributed by atoms with Gasteiger partial charge in [-0.2, -0.15) is 5.10 Å². The Morgan fingerprint density at radius 2 is 2.19 bits per heavy atom. The summed E-state index contributed by atoms with van der Waals surface area (Å²) in [7, 11) is 0. The number of halogens is 1. The van der Waals surface area contributed by atoms with Gasteiger partial charge in [0.1, 0.15) is 12.4 Å². The molecule has 5 rings (SSSR count). The second-order valence-corrected chi connectivity index (χ2v) is 8.04. The number of aromatic nitrogens is 4. The maximum absolute atomic E-state index is 14.1. The highest BCUT2D eigenvalue weighted by Gasteiger charge is 2.30. The maximum Gasteiger partial charge on any atom is 0.218 e. The first-order chi connectivity index (χ1) is 15.0. The number of hydrogen-bond donors (Lipinski definition) is 1. The van der Waals surface area contributed by atoms with E-state index in [0.717, 1.165) is 24.1 Å². The molecule has 9 heteroatoms. The van der Waals surface area contributed by atoms with E-state index in [2.05, 4.69) is 40.7 Å². The lowest BCUT2D eigenvalue weighted by Crippen LogP contribution is -2.43. The van der Waals surface area contributed by atoms with Crippen molar-refractivity contribution in [2.24, 2.45) is 0 Å². The molecule has 0 radical (unpaired) electrons. The van der Waals surface area contributed by atoms with Crippen LogP contribution in [0.25, 0.3) is 11.3 Å². The average Bonchev–Trinajstić information content (AvgIpc) is 3.16. The molecule has 2 aliphatic rings. The van der Waals surface area contributed by atoms with Crippen molar-refractivity contribution < 1.29 is 13.9 Å². The van der Waals surface area contributed by atoms with Crippen LogP contribution in [0.4, 0.5) is 10.2 Å². The quantitative estimate of drug-likeness (QED) is 0.643. The Bertz CT molecular complexity index is 1150. The summed E-state index contributed by atoms with van der Waals surface area (Å²) in [4.78, 5) is 11.3. The van der Waals surface area contributed by atoms with Crippen molar-refractivity contribution in [3.8, 4) is 11.6 Å². The molecule has 2 bridgehead atoms. The largest absolute Gasteiger partial charge is 0.486 e. The van der Waals surface area contributed by atoms with Gasteiger partial charge < -0.3 is 19.7 Å². The Hall–Kier alpha value is -3.36. The van der Waals surface area contributed by atoms with Crippen LogP contribution in [-0.4, -0.2) is 44.9 Å². The minimum atomic E-state index is -0.391. The van der Waals surface area contributed by atoms with Crippen molar-refractivity contribution in [3.05, 3.63) is 48.2 Å². The SMILES string of the molecule is C=C1N[C@@H](C)CCOc2ncc(F)cc2CN2c3nc4c1cnn4cc3OC[C@H]2CC. The van der Waals surface area contributed by atoms with Crippen LogP contribution in [0.15, 0.2) is 31.2 Å². The predicted molar refractivity (Wildman–Crippen MR) is 115 cm³/mol. The topological polar surface area (TPSA) is 76.8 Å². The van der Waals surface area contributed by atoms with Crippen molar-refractivity contribution in [2.45, 2.75) is 45.3 Å². The van der Waals surface area contributed by atoms with Gasteiger partial charge in [-0.05, 0) is 19.4 Å². The Morgan fingerprint density at radius 3 is 3.03 bits per heavy atom. The lowest BCUT2D eigenvalue weighted by atomic mass is 10.1. The number of nitrogens with zero attached hydrogens (tertiary/aromatic N) is 5. The molecule has 3 aromatic heterocycles. The molecule has 1 N–H and O–H groups in total. The predicted octanol–water partition coefficient (Wildman–Crippen LogP) is 3.17. The number of pyridine rings is 1. The van der Waals surface area contributed by atoms with Crippen molar-refractivity contribution in [3.63, 3.8) is 0 Å². The smallest absolute Gasteiger partial charge is 0.218 e. The third-order valence-corrected chi connectivity index (χ3v) is 5.82. The van der Waals surface area contributed by atoms with E-state index < -0.39 is 5.82 Å². The van der Waals surface area contributed by atoms with Crippen LogP contribution in [0.5, 0.6) is 11.6 Å². The summed E-state index contributed by atoms with van der Waals surface area (Å²) in [5.74, 6) is 1.38. The van der Waals surface area contributed by atoms with Gasteiger partial charge in [-0.3, -0.25) is 0 Å². The van der Waals surface area contributed by atoms with Crippen LogP contribution < -0.4 is 19.7 Å². The lowest BCUT2D eigenvalue weighted by Gasteiger charge is -2.37. The molecular weight excluding hydrogens is 399 g/mol. The van der Waals surface area contributed by atoms with Gasteiger partial charge in [-0.25, -0.2) is 18.9 Å². The van der Waals surface area contributed by atoms with Gasteiger partial charge in [0.05, 0.1) is 43.3 Å². The van der Waals surface area contributed by atoms with Gasteiger partial charge in [-0.1, -0.05) is 13.5 Å². The third kappa shape index (κ3) is 3.54. The van der Waals surface area contributed by atoms with E-state index in [9.17, 15) is 4.39 Å². The zero-order chi connectivity index (χ0) is 21.5. The molecule has 0 fully saturated rings. The van der Waals surface area contributed by atoms with E-state index in [-0.39, 0.29) is 12.1 Å². The number of rotatable bonds is 1. The molecule has 0 amide bonds. The zero-order valence-electron chi connectivity index (χ0n) is 17.6. The summed E-state index contributed by atoms with van der Waals surface area (Å²) >= 11 is 0. The fraction of sp³-hybridized carbons (Fsp3) is 0.409. The molecule has 31 heavy (non-hydrogen) atoms. The molecular formula is C22H25FN6O2. The number of nitrogens with one attached hydrogen (secondary N) is 1. The van der Waals surface area contributed by atoms with E-state index in [4.69, 9.17) is 14.5 Å². The highest BCUT2D eigenvalue weighted by Crippen LogP contribution is 2.36. The van der Waals surface area contributed by atoms with E-state index in [1.54, 1.807) is 10.7 Å². The summed E-state index contributed by atoms with van der Waals surface area (Å²) in [5, 5.41) is 7.84. The van der Waals surface area contributed by atoms with Crippen molar-refractivity contribution in [1.29, 1.82) is 0 Å². The Labute approximate surface area is 179 Å². The molecule has 2 atom stereocenters. The number of anilines is 1. The third-order valence-electron chi connectivity index (χ3n) is 5.82. The summed E-state index contributed by atoms with van der Waals surface area (Å²) in [6.45, 7) is 9.72. The molecule has 0 saturated carbocycles. The molecule has 0 aromatic carbocycles. The van der Waals surface area contributed by atoms with Crippen LogP contribution in [-0.2, 0) is 6.54 Å². The molecule has 3 aromatic rings. The van der Waals surface area contributed by atoms with E-state index >= 15 is 0 Å². The maximum atomic E-state index is 14.1. The van der Waals surface area contributed by atoms with Gasteiger partial charge in [-0.15, -0.1) is 0 Å². The molecule has 8 nitrogen and oxygen atoms in total. The van der Waals surface area contributed by atoms with Crippen LogP contribution in [0.1, 0.15) is 37.8 Å². The van der Waals surface area contributed by atoms with Gasteiger partial charge in [0.25, 0.3) is 0 Å². The van der Waals surface area contributed by atoms with Crippen LogP contribution >= 0.6 is 0 Å². The minimum Gasteiger partial charge on any atom is -0.486 e. The van der Waals surface area contributed by atoms with E-state index in [1.807, 2.05) is 6.20 Å². The van der Waals surface area contributed by atoms with E-state index in [0.29, 0.717) is 48.4 Å². The van der Waals surface area contributed by atoms with Crippen LogP contribution in [0.2, 0.25) is 0 Å². The number of hydrogen-bond acceptors (Lipinski definition) is 7. The Kier molecular flexibility index (Phi) is 4.88. The van der Waals surface area contributed by atoms with Crippen molar-refractivity contribution >= 4 is 17.2 Å². The van der Waals surface area contributed by atoms with Crippen LogP contribution in [0, 0.1) is 5.82 Å². The molecule has 2 aliphatic heterocycles. The summed E-state index contributed by atoms with van der Waals surface area (Å²) in [5.41, 5.74) is 2.96. The number of fused-ring (bicyclic) bond motifs is 1. The fourth-order valence-corrected chi connectivity index (χ4v) is 4.07. The second kappa shape index (κ2) is 7.72. The second-order valence-electron chi connectivity index (χ2n) is 8.04. The summed E-state index contributed by atoms with van der Waals surface area (Å²) < 4.78 is 27.8. The number of ether oxygens (including phenoxy) is 2. The van der Waals surface area contributed by atoms with Gasteiger partial charge in [0.2, 0.25) is 5.88 Å². The normalized spacial score (nSPS) is 21.1. The van der Waals surface area contributed by atoms with Crippen molar-refractivity contribution in [1.82, 2.24) is 24.9 Å². The summed E-state index contributed by atoms with van der Waals surface area (Å²) in [6.07, 6.45) is 6.37. The van der Waals surface area contributed by atoms with Gasteiger partial charge in [0.15, 0.2) is 17.2 Å². The lowest BCUT2D eigenvalue weighted by molar-refractivity contribution is 0.250. The summed E-state index contributed by atoms with van der Waals surface area (Å²) in [6, 6.07) is 1.68. The van der Waals surface area contributed by atoms with Gasteiger partial charge >= 0.3 is 0 Å². The average molecular weight is 424 g/mol.